The van der Waals surface area contributed by atoms with Crippen LogP contribution in [0.15, 0.2) is 80.1 Å². The smallest absolute Gasteiger partial charge is 0.338 e. The SMILES string of the molecule is CCOC(=O)C1=C(C)N=c2s/c(=C\c3ccc(-c4ccc(Cl)cc4[N+](=O)[O-])o3)c(=O)n2[C@@H]1c1ccccc1Cl. The molecule has 198 valence electrons. The highest BCUT2D eigenvalue weighted by Crippen LogP contribution is 2.35. The molecule has 1 atom stereocenters. The lowest BCUT2D eigenvalue weighted by Crippen LogP contribution is -2.40. The second kappa shape index (κ2) is 10.6. The van der Waals surface area contributed by atoms with Crippen LogP contribution in [0.3, 0.4) is 0 Å². The number of ether oxygens (including phenoxy) is 1. The molecular formula is C27H19Cl2N3O6S. The summed E-state index contributed by atoms with van der Waals surface area (Å²) in [6, 6.07) is 13.6. The van der Waals surface area contributed by atoms with Gasteiger partial charge in [0.05, 0.1) is 32.9 Å². The van der Waals surface area contributed by atoms with Crippen molar-refractivity contribution in [1.29, 1.82) is 0 Å². The van der Waals surface area contributed by atoms with E-state index in [1.165, 1.54) is 28.8 Å². The number of carbonyl (C=O) groups is 1. The van der Waals surface area contributed by atoms with E-state index in [0.29, 0.717) is 26.8 Å². The van der Waals surface area contributed by atoms with Gasteiger partial charge < -0.3 is 9.15 Å². The van der Waals surface area contributed by atoms with Crippen LogP contribution in [0.4, 0.5) is 5.69 Å². The van der Waals surface area contributed by atoms with Gasteiger partial charge in [-0.25, -0.2) is 9.79 Å². The molecule has 5 rings (SSSR count). The Morgan fingerprint density at radius 3 is 2.72 bits per heavy atom. The third-order valence-electron chi connectivity index (χ3n) is 6.04. The molecule has 2 aromatic heterocycles. The lowest BCUT2D eigenvalue weighted by atomic mass is 9.96. The highest BCUT2D eigenvalue weighted by atomic mass is 35.5. The first-order chi connectivity index (χ1) is 18.7. The second-order valence-electron chi connectivity index (χ2n) is 8.44. The third-order valence-corrected chi connectivity index (χ3v) is 7.60. The summed E-state index contributed by atoms with van der Waals surface area (Å²) in [5.41, 5.74) is 0.831. The van der Waals surface area contributed by atoms with Gasteiger partial charge in [0.1, 0.15) is 17.6 Å². The van der Waals surface area contributed by atoms with Gasteiger partial charge in [0.15, 0.2) is 4.80 Å². The number of benzene rings is 2. The quantitative estimate of drug-likeness (QED) is 0.173. The van der Waals surface area contributed by atoms with E-state index in [1.54, 1.807) is 50.2 Å². The Morgan fingerprint density at radius 1 is 1.23 bits per heavy atom. The van der Waals surface area contributed by atoms with E-state index in [9.17, 15) is 19.7 Å². The predicted molar refractivity (Wildman–Crippen MR) is 148 cm³/mol. The molecule has 0 saturated heterocycles. The van der Waals surface area contributed by atoms with E-state index >= 15 is 0 Å². The Hall–Kier alpha value is -3.99. The van der Waals surface area contributed by atoms with Gasteiger partial charge in [0.2, 0.25) is 0 Å². The van der Waals surface area contributed by atoms with Crippen molar-refractivity contribution >= 4 is 52.3 Å². The molecule has 0 unspecified atom stereocenters. The fraction of sp³-hybridized carbons (Fsp3) is 0.148. The monoisotopic (exact) mass is 583 g/mol. The zero-order chi connectivity index (χ0) is 27.8. The van der Waals surface area contributed by atoms with E-state index in [1.807, 2.05) is 0 Å². The van der Waals surface area contributed by atoms with Gasteiger partial charge in [0, 0.05) is 22.2 Å². The van der Waals surface area contributed by atoms with Gasteiger partial charge in [-0.1, -0.05) is 52.7 Å². The minimum atomic E-state index is -0.847. The van der Waals surface area contributed by atoms with Crippen LogP contribution in [0.1, 0.15) is 31.2 Å². The summed E-state index contributed by atoms with van der Waals surface area (Å²) in [6.07, 6.45) is 1.53. The number of thiazole rings is 1. The minimum Gasteiger partial charge on any atom is -0.463 e. The number of allylic oxidation sites excluding steroid dienone is 1. The normalized spacial score (nSPS) is 15.2. The zero-order valence-electron chi connectivity index (χ0n) is 20.5. The van der Waals surface area contributed by atoms with Gasteiger partial charge in [0.25, 0.3) is 11.2 Å². The van der Waals surface area contributed by atoms with E-state index in [2.05, 4.69) is 4.99 Å². The first kappa shape index (κ1) is 26.6. The Balaban J connectivity index is 1.65. The van der Waals surface area contributed by atoms with E-state index in [0.717, 1.165) is 11.3 Å². The topological polar surface area (TPSA) is 117 Å². The molecular weight excluding hydrogens is 565 g/mol. The number of halogens is 2. The Morgan fingerprint density at radius 2 is 2.00 bits per heavy atom. The number of esters is 1. The van der Waals surface area contributed by atoms with Crippen LogP contribution in [0, 0.1) is 10.1 Å². The highest BCUT2D eigenvalue weighted by Gasteiger charge is 2.34. The number of aromatic nitrogens is 1. The van der Waals surface area contributed by atoms with E-state index in [-0.39, 0.29) is 38.7 Å². The molecule has 0 spiro atoms. The van der Waals surface area contributed by atoms with E-state index < -0.39 is 22.5 Å². The molecule has 2 aromatic carbocycles. The van der Waals surface area contributed by atoms with Crippen molar-refractivity contribution in [2.45, 2.75) is 19.9 Å². The van der Waals surface area contributed by atoms with Crippen LogP contribution in [-0.4, -0.2) is 22.1 Å². The molecule has 9 nitrogen and oxygen atoms in total. The largest absolute Gasteiger partial charge is 0.463 e. The summed E-state index contributed by atoms with van der Waals surface area (Å²) in [4.78, 5) is 42.6. The van der Waals surface area contributed by atoms with Crippen molar-refractivity contribution in [3.8, 4) is 11.3 Å². The number of fused-ring (bicyclic) bond motifs is 1. The second-order valence-corrected chi connectivity index (χ2v) is 10.3. The fourth-order valence-electron chi connectivity index (χ4n) is 4.35. The van der Waals surface area contributed by atoms with Gasteiger partial charge in [-0.05, 0) is 49.7 Å². The summed E-state index contributed by atoms with van der Waals surface area (Å²) < 4.78 is 12.9. The maximum absolute atomic E-state index is 13.7. The molecule has 1 aliphatic rings. The number of hydrogen-bond acceptors (Lipinski definition) is 8. The lowest BCUT2D eigenvalue weighted by molar-refractivity contribution is -0.384. The predicted octanol–water partition coefficient (Wildman–Crippen LogP) is 5.27. The number of carbonyl (C=O) groups excluding carboxylic acids is 1. The molecule has 12 heteroatoms. The van der Waals surface area contributed by atoms with Crippen LogP contribution < -0.4 is 14.9 Å². The maximum Gasteiger partial charge on any atom is 0.338 e. The molecule has 0 bridgehead atoms. The van der Waals surface area contributed by atoms with Crippen molar-refractivity contribution in [3.05, 3.63) is 117 Å². The number of nitrogens with zero attached hydrogens (tertiary/aromatic N) is 3. The zero-order valence-corrected chi connectivity index (χ0v) is 22.8. The van der Waals surface area contributed by atoms with Crippen LogP contribution >= 0.6 is 34.5 Å². The van der Waals surface area contributed by atoms with Gasteiger partial charge in [-0.15, -0.1) is 0 Å². The molecule has 3 heterocycles. The first-order valence-corrected chi connectivity index (χ1v) is 13.2. The Labute approximate surface area is 235 Å². The number of rotatable bonds is 6. The average Bonchev–Trinajstić information content (AvgIpc) is 3.48. The third kappa shape index (κ3) is 4.94. The maximum atomic E-state index is 13.7. The van der Waals surface area contributed by atoms with Gasteiger partial charge >= 0.3 is 5.97 Å². The molecule has 39 heavy (non-hydrogen) atoms. The summed E-state index contributed by atoms with van der Waals surface area (Å²) in [5.74, 6) is -0.0416. The standard InChI is InChI=1S/C27H19Cl2N3O6S/c1-3-37-26(34)23-14(2)30-27-31(24(23)17-6-4-5-7-19(17)29)25(33)22(39-27)13-16-9-11-21(38-16)18-10-8-15(28)12-20(18)32(35)36/h4-13,24H,3H2,1-2H3/b22-13-/t24-/m1/s1. The molecule has 0 fully saturated rings. The molecule has 0 amide bonds. The van der Waals surface area contributed by atoms with Crippen molar-refractivity contribution in [2.75, 3.05) is 6.61 Å². The van der Waals surface area contributed by atoms with Crippen molar-refractivity contribution in [2.24, 2.45) is 4.99 Å². The Bertz CT molecular complexity index is 1850. The number of nitro benzene ring substituents is 1. The summed E-state index contributed by atoms with van der Waals surface area (Å²) in [7, 11) is 0. The Kier molecular flexibility index (Phi) is 7.26. The summed E-state index contributed by atoms with van der Waals surface area (Å²) >= 11 is 13.6. The summed E-state index contributed by atoms with van der Waals surface area (Å²) in [6.45, 7) is 3.54. The molecule has 0 saturated carbocycles. The lowest BCUT2D eigenvalue weighted by Gasteiger charge is -2.25. The molecule has 0 aliphatic carbocycles. The highest BCUT2D eigenvalue weighted by molar-refractivity contribution is 7.07. The minimum absolute atomic E-state index is 0.155. The van der Waals surface area contributed by atoms with E-state index in [4.69, 9.17) is 32.4 Å². The molecule has 4 aromatic rings. The molecule has 0 N–H and O–H groups in total. The van der Waals surface area contributed by atoms with Crippen LogP contribution in [-0.2, 0) is 9.53 Å². The van der Waals surface area contributed by atoms with Gasteiger partial charge in [-0.2, -0.15) is 0 Å². The van der Waals surface area contributed by atoms with Crippen LogP contribution in [0.25, 0.3) is 17.4 Å². The van der Waals surface area contributed by atoms with Crippen molar-refractivity contribution in [1.82, 2.24) is 4.57 Å². The number of furan rings is 1. The van der Waals surface area contributed by atoms with Crippen molar-refractivity contribution < 1.29 is 18.9 Å². The van der Waals surface area contributed by atoms with Crippen LogP contribution in [0.2, 0.25) is 10.0 Å². The number of hydrogen-bond donors (Lipinski definition) is 0. The number of nitro groups is 1. The van der Waals surface area contributed by atoms with Gasteiger partial charge in [-0.3, -0.25) is 19.5 Å². The van der Waals surface area contributed by atoms with Crippen molar-refractivity contribution in [3.63, 3.8) is 0 Å². The molecule has 0 radical (unpaired) electrons. The fourth-order valence-corrected chi connectivity index (χ4v) is 5.78. The molecule has 1 aliphatic heterocycles. The first-order valence-electron chi connectivity index (χ1n) is 11.7. The average molecular weight is 584 g/mol. The summed E-state index contributed by atoms with van der Waals surface area (Å²) in [5, 5.41) is 12.1. The van der Waals surface area contributed by atoms with Crippen LogP contribution in [0.5, 0.6) is 0 Å².